The number of benzene rings is 4. The van der Waals surface area contributed by atoms with Gasteiger partial charge in [0.05, 0.1) is 49.4 Å². The van der Waals surface area contributed by atoms with Gasteiger partial charge in [-0.25, -0.2) is 0 Å². The van der Waals surface area contributed by atoms with E-state index in [1.165, 1.54) is 41.5 Å². The predicted molar refractivity (Wildman–Crippen MR) is 223 cm³/mol. The smallest absolute Gasteiger partial charge is 0.416 e. The summed E-state index contributed by atoms with van der Waals surface area (Å²) in [5.41, 5.74) is -6.77. The molecule has 0 N–H and O–H groups in total. The van der Waals surface area contributed by atoms with Gasteiger partial charge in [-0.2, -0.15) is 52.7 Å². The van der Waals surface area contributed by atoms with Gasteiger partial charge in [0.15, 0.2) is 12.4 Å². The van der Waals surface area contributed by atoms with Gasteiger partial charge in [-0.15, -0.1) is 0 Å². The van der Waals surface area contributed by atoms with Crippen LogP contribution in [-0.2, 0) is 62.3 Å². The number of rotatable bonds is 12. The van der Waals surface area contributed by atoms with Crippen molar-refractivity contribution in [2.24, 2.45) is 10.8 Å². The van der Waals surface area contributed by atoms with Gasteiger partial charge in [0, 0.05) is 28.3 Å². The van der Waals surface area contributed by atoms with Crippen LogP contribution in [0.25, 0.3) is 0 Å². The van der Waals surface area contributed by atoms with Crippen LogP contribution in [0.1, 0.15) is 63.8 Å². The Balaban J connectivity index is 1.79. The molecule has 5 rings (SSSR count). The fourth-order valence-electron chi connectivity index (χ4n) is 6.18. The maximum atomic E-state index is 13.8. The summed E-state index contributed by atoms with van der Waals surface area (Å²) in [4.78, 5) is 27.0. The summed E-state index contributed by atoms with van der Waals surface area (Å²) in [6.07, 6.45) is -27.8. The molecular formula is C45H44F12O8P2. The zero-order chi connectivity index (χ0) is 50.1. The molecule has 1 aliphatic rings. The van der Waals surface area contributed by atoms with Crippen molar-refractivity contribution in [1.82, 2.24) is 0 Å². The highest BCUT2D eigenvalue weighted by atomic mass is 31.1. The Hall–Kier alpha value is -4.32. The fraction of sp³-hybridized carbons (Fsp3) is 0.422. The standard InChI is InChI=1S/C45H44F12O8P2/c1-40(2,3)38(58)61-24-33-34(64-66(29-16-8-25(9-17-29)42(46,47)48)30-18-10-26(11-19-30)43(49,50)51)35(36(37(60-7)62-33)63-39(59)41(4,5)6)65-67(31-20-12-27(13-21-31)44(52,53)54)32-22-14-28(15-23-32)45(55,56)57/h8-23,33-37H,24H2,1-7H3/t33-,34-,35+,36-,37+/m1/s1. The molecule has 0 radical (unpaired) electrons. The van der Waals surface area contributed by atoms with Crippen molar-refractivity contribution in [2.75, 3.05) is 13.7 Å². The van der Waals surface area contributed by atoms with E-state index in [9.17, 15) is 62.3 Å². The van der Waals surface area contributed by atoms with Crippen molar-refractivity contribution < 1.29 is 90.3 Å². The van der Waals surface area contributed by atoms with Gasteiger partial charge in [-0.3, -0.25) is 9.59 Å². The van der Waals surface area contributed by atoms with Gasteiger partial charge >= 0.3 is 36.6 Å². The first-order chi connectivity index (χ1) is 30.8. The number of esters is 2. The van der Waals surface area contributed by atoms with E-state index in [1.807, 2.05) is 0 Å². The van der Waals surface area contributed by atoms with Crippen molar-refractivity contribution in [3.63, 3.8) is 0 Å². The monoisotopic (exact) mass is 1000 g/mol. The van der Waals surface area contributed by atoms with E-state index in [-0.39, 0.29) is 21.2 Å². The fourth-order valence-corrected chi connectivity index (χ4v) is 9.92. The van der Waals surface area contributed by atoms with Crippen LogP contribution in [0.15, 0.2) is 97.1 Å². The Morgan fingerprint density at radius 3 is 1.04 bits per heavy atom. The van der Waals surface area contributed by atoms with Gasteiger partial charge in [-0.1, -0.05) is 48.5 Å². The molecule has 0 amide bonds. The first-order valence-corrected chi connectivity index (χ1v) is 22.5. The lowest BCUT2D eigenvalue weighted by atomic mass is 9.95. The lowest BCUT2D eigenvalue weighted by molar-refractivity contribution is -0.291. The van der Waals surface area contributed by atoms with E-state index in [2.05, 4.69) is 0 Å². The van der Waals surface area contributed by atoms with E-state index < -0.39 is 123 Å². The number of alkyl halides is 12. The molecule has 4 aromatic carbocycles. The average Bonchev–Trinajstić information content (AvgIpc) is 3.23. The SMILES string of the molecule is CO[C@H]1O[C@H](COC(=O)C(C)(C)C)[C@@H](OP(c2ccc(C(F)(F)F)cc2)c2ccc(C(F)(F)F)cc2)[C@H](OP(c2ccc(C(F)(F)F)cc2)c2ccc(C(F)(F)F)cc2)[C@H]1OC(=O)C(C)(C)C. The number of carbonyl (C=O) groups excluding carboxylic acids is 2. The highest BCUT2D eigenvalue weighted by Gasteiger charge is 2.53. The summed E-state index contributed by atoms with van der Waals surface area (Å²) in [5, 5.41) is -0.0776. The minimum Gasteiger partial charge on any atom is -0.462 e. The molecular weight excluding hydrogens is 958 g/mol. The lowest BCUT2D eigenvalue weighted by Gasteiger charge is -2.47. The van der Waals surface area contributed by atoms with Crippen LogP contribution in [0.4, 0.5) is 52.7 Å². The van der Waals surface area contributed by atoms with Gasteiger partial charge in [0.2, 0.25) is 0 Å². The van der Waals surface area contributed by atoms with Crippen LogP contribution in [0.5, 0.6) is 0 Å². The topological polar surface area (TPSA) is 89.5 Å². The number of ether oxygens (including phenoxy) is 4. The number of carbonyl (C=O) groups is 2. The van der Waals surface area contributed by atoms with Gasteiger partial charge in [0.1, 0.15) is 24.9 Å². The van der Waals surface area contributed by atoms with Crippen molar-refractivity contribution in [3.05, 3.63) is 119 Å². The summed E-state index contributed by atoms with van der Waals surface area (Å²) in [6, 6.07) is 13.8. The van der Waals surface area contributed by atoms with Crippen LogP contribution in [0, 0.1) is 10.8 Å². The molecule has 0 aromatic heterocycles. The molecule has 0 aliphatic carbocycles. The van der Waals surface area contributed by atoms with Crippen molar-refractivity contribution in [2.45, 2.75) is 97.0 Å². The second-order valence-electron chi connectivity index (χ2n) is 17.2. The average molecular weight is 1000 g/mol. The highest BCUT2D eigenvalue weighted by Crippen LogP contribution is 2.48. The first-order valence-electron chi connectivity index (χ1n) is 20.0. The van der Waals surface area contributed by atoms with Crippen molar-refractivity contribution >= 4 is 49.5 Å². The Bertz CT molecular complexity index is 2170. The zero-order valence-electron chi connectivity index (χ0n) is 36.5. The molecule has 366 valence electrons. The van der Waals surface area contributed by atoms with E-state index in [0.29, 0.717) is 48.5 Å². The Morgan fingerprint density at radius 2 is 0.776 bits per heavy atom. The van der Waals surface area contributed by atoms with E-state index in [4.69, 9.17) is 28.0 Å². The summed E-state index contributed by atoms with van der Waals surface area (Å²) in [6.45, 7) is 8.29. The summed E-state index contributed by atoms with van der Waals surface area (Å²) >= 11 is 0. The molecule has 22 heteroatoms. The molecule has 5 atom stereocenters. The van der Waals surface area contributed by atoms with E-state index in [1.54, 1.807) is 0 Å². The van der Waals surface area contributed by atoms with Crippen LogP contribution in [-0.4, -0.2) is 56.4 Å². The molecule has 4 aromatic rings. The Labute approximate surface area is 379 Å². The second-order valence-corrected chi connectivity index (χ2v) is 20.8. The van der Waals surface area contributed by atoms with Crippen molar-refractivity contribution in [1.29, 1.82) is 0 Å². The van der Waals surface area contributed by atoms with Crippen LogP contribution in [0.2, 0.25) is 0 Å². The highest BCUT2D eigenvalue weighted by molar-refractivity contribution is 7.69. The molecule has 1 heterocycles. The van der Waals surface area contributed by atoms with Gasteiger partial charge in [0.25, 0.3) is 0 Å². The van der Waals surface area contributed by atoms with E-state index >= 15 is 0 Å². The molecule has 8 nitrogen and oxygen atoms in total. The van der Waals surface area contributed by atoms with Crippen LogP contribution < -0.4 is 21.2 Å². The van der Waals surface area contributed by atoms with Crippen molar-refractivity contribution in [3.8, 4) is 0 Å². The molecule has 0 saturated carbocycles. The summed E-state index contributed by atoms with van der Waals surface area (Å²) < 4.78 is 203. The van der Waals surface area contributed by atoms with Crippen LogP contribution in [0.3, 0.4) is 0 Å². The third-order valence-electron chi connectivity index (χ3n) is 9.84. The molecule has 0 spiro atoms. The van der Waals surface area contributed by atoms with Crippen LogP contribution >= 0.6 is 16.3 Å². The maximum Gasteiger partial charge on any atom is 0.416 e. The minimum atomic E-state index is -4.82. The lowest BCUT2D eigenvalue weighted by Crippen LogP contribution is -2.62. The molecule has 0 bridgehead atoms. The number of hydrogen-bond acceptors (Lipinski definition) is 8. The third-order valence-corrected chi connectivity index (χ3v) is 13.8. The third kappa shape index (κ3) is 13.7. The normalized spacial score (nSPS) is 20.0. The number of hydrogen-bond donors (Lipinski definition) is 0. The Morgan fingerprint density at radius 1 is 0.478 bits per heavy atom. The number of methoxy groups -OCH3 is 1. The molecule has 1 fully saturated rings. The molecule has 0 unspecified atom stereocenters. The van der Waals surface area contributed by atoms with Gasteiger partial charge < -0.3 is 28.0 Å². The van der Waals surface area contributed by atoms with E-state index in [0.717, 1.165) is 55.6 Å². The van der Waals surface area contributed by atoms with Gasteiger partial charge in [-0.05, 0) is 90.1 Å². The quantitative estimate of drug-likeness (QED) is 0.0788. The number of halogens is 12. The zero-order valence-corrected chi connectivity index (χ0v) is 38.3. The Kier molecular flexibility index (Phi) is 16.3. The molecule has 1 aliphatic heterocycles. The summed E-state index contributed by atoms with van der Waals surface area (Å²) in [7, 11) is -4.05. The summed E-state index contributed by atoms with van der Waals surface area (Å²) in [5.74, 6) is -1.69. The predicted octanol–water partition coefficient (Wildman–Crippen LogP) is 10.8. The first kappa shape index (κ1) is 53.6. The maximum absolute atomic E-state index is 13.8. The molecule has 67 heavy (non-hydrogen) atoms. The largest absolute Gasteiger partial charge is 0.462 e. The second kappa shape index (κ2) is 20.3. The molecule has 1 saturated heterocycles. The minimum absolute atomic E-state index is 0.0169.